The molecule has 7 heteroatoms. The van der Waals surface area contributed by atoms with Crippen molar-refractivity contribution in [1.29, 1.82) is 0 Å². The van der Waals surface area contributed by atoms with Crippen LogP contribution < -0.4 is 10.5 Å². The molecular formula is C14H10BrF4NO. The summed E-state index contributed by atoms with van der Waals surface area (Å²) >= 11 is 3.11. The second-order valence-electron chi connectivity index (χ2n) is 4.21. The quantitative estimate of drug-likeness (QED) is 0.790. The number of hydrogen-bond donors (Lipinski definition) is 1. The van der Waals surface area contributed by atoms with Crippen LogP contribution >= 0.6 is 15.9 Å². The zero-order valence-corrected chi connectivity index (χ0v) is 12.1. The Kier molecular flexibility index (Phi) is 4.53. The molecule has 0 aliphatic rings. The topological polar surface area (TPSA) is 35.2 Å². The molecule has 0 bridgehead atoms. The number of benzene rings is 2. The van der Waals surface area contributed by atoms with Gasteiger partial charge in [0, 0.05) is 11.0 Å². The Bertz CT molecular complexity index is 658. The van der Waals surface area contributed by atoms with Gasteiger partial charge < -0.3 is 10.5 Å². The molecular weight excluding hydrogens is 354 g/mol. The average molecular weight is 364 g/mol. The third-order valence-corrected chi connectivity index (χ3v) is 3.19. The van der Waals surface area contributed by atoms with Gasteiger partial charge in [0.05, 0.1) is 5.56 Å². The first-order chi connectivity index (χ1) is 9.81. The highest BCUT2D eigenvalue weighted by Gasteiger charge is 2.35. The average Bonchev–Trinajstić information content (AvgIpc) is 2.42. The molecule has 0 saturated heterocycles. The minimum atomic E-state index is -4.62. The van der Waals surface area contributed by atoms with Gasteiger partial charge in [-0.3, -0.25) is 0 Å². The van der Waals surface area contributed by atoms with Crippen LogP contribution in [-0.2, 0) is 12.7 Å². The van der Waals surface area contributed by atoms with Gasteiger partial charge in [-0.25, -0.2) is 4.39 Å². The van der Waals surface area contributed by atoms with Gasteiger partial charge in [-0.15, -0.1) is 0 Å². The highest BCUT2D eigenvalue weighted by molar-refractivity contribution is 9.10. The molecule has 0 unspecified atom stereocenters. The van der Waals surface area contributed by atoms with E-state index < -0.39 is 23.3 Å². The van der Waals surface area contributed by atoms with Crippen molar-refractivity contribution < 1.29 is 22.3 Å². The smallest absolute Gasteiger partial charge is 0.419 e. The molecule has 2 nitrogen and oxygen atoms in total. The SMILES string of the molecule is NCc1ccc(Oc2cc(Br)ccc2F)c(C(F)(F)F)c1. The molecule has 2 rings (SSSR count). The first-order valence-corrected chi connectivity index (χ1v) is 6.63. The minimum Gasteiger partial charge on any atom is -0.454 e. The lowest BCUT2D eigenvalue weighted by molar-refractivity contribution is -0.138. The summed E-state index contributed by atoms with van der Waals surface area (Å²) in [6, 6.07) is 7.20. The molecule has 0 aromatic heterocycles. The van der Waals surface area contributed by atoms with Crippen LogP contribution in [-0.4, -0.2) is 0 Å². The summed E-state index contributed by atoms with van der Waals surface area (Å²) in [5.74, 6) is -1.53. The first kappa shape index (κ1) is 15.8. The fourth-order valence-corrected chi connectivity index (χ4v) is 2.03. The Labute approximate surface area is 126 Å². The Hall–Kier alpha value is -1.60. The monoisotopic (exact) mass is 363 g/mol. The number of ether oxygens (including phenoxy) is 1. The van der Waals surface area contributed by atoms with Crippen molar-refractivity contribution in [2.24, 2.45) is 5.73 Å². The van der Waals surface area contributed by atoms with Crippen LogP contribution in [0.1, 0.15) is 11.1 Å². The summed E-state index contributed by atoms with van der Waals surface area (Å²) in [6.45, 7) is -0.0331. The van der Waals surface area contributed by atoms with Gasteiger partial charge >= 0.3 is 6.18 Å². The van der Waals surface area contributed by atoms with Crippen LogP contribution in [0.3, 0.4) is 0 Å². The van der Waals surface area contributed by atoms with Gasteiger partial charge in [-0.1, -0.05) is 22.0 Å². The van der Waals surface area contributed by atoms with Gasteiger partial charge in [0.2, 0.25) is 0 Å². The highest BCUT2D eigenvalue weighted by atomic mass is 79.9. The fourth-order valence-electron chi connectivity index (χ4n) is 1.69. The van der Waals surface area contributed by atoms with Crippen molar-refractivity contribution in [3.8, 4) is 11.5 Å². The molecule has 0 saturated carbocycles. The Morgan fingerprint density at radius 1 is 1.05 bits per heavy atom. The summed E-state index contributed by atoms with van der Waals surface area (Å²) in [5, 5.41) is 0. The normalized spacial score (nSPS) is 11.5. The van der Waals surface area contributed by atoms with E-state index in [4.69, 9.17) is 10.5 Å². The Morgan fingerprint density at radius 3 is 2.38 bits per heavy atom. The summed E-state index contributed by atoms with van der Waals surface area (Å²) < 4.78 is 58.2. The predicted molar refractivity (Wildman–Crippen MR) is 73.5 cm³/mol. The summed E-state index contributed by atoms with van der Waals surface area (Å²) in [7, 11) is 0. The van der Waals surface area contributed by atoms with Crippen LogP contribution in [0.2, 0.25) is 0 Å². The van der Waals surface area contributed by atoms with E-state index in [0.717, 1.165) is 18.2 Å². The van der Waals surface area contributed by atoms with Crippen LogP contribution in [0.15, 0.2) is 40.9 Å². The van der Waals surface area contributed by atoms with Crippen molar-refractivity contribution in [3.05, 3.63) is 57.8 Å². The fraction of sp³-hybridized carbons (Fsp3) is 0.143. The molecule has 2 N–H and O–H groups in total. The van der Waals surface area contributed by atoms with Gasteiger partial charge in [0.1, 0.15) is 5.75 Å². The van der Waals surface area contributed by atoms with Crippen molar-refractivity contribution in [2.45, 2.75) is 12.7 Å². The molecule has 21 heavy (non-hydrogen) atoms. The number of hydrogen-bond acceptors (Lipinski definition) is 2. The van der Waals surface area contributed by atoms with Crippen molar-refractivity contribution in [1.82, 2.24) is 0 Å². The van der Waals surface area contributed by atoms with Crippen LogP contribution in [0.5, 0.6) is 11.5 Å². The zero-order chi connectivity index (χ0) is 15.6. The van der Waals surface area contributed by atoms with E-state index in [1.54, 1.807) is 0 Å². The van der Waals surface area contributed by atoms with Gasteiger partial charge in [0.15, 0.2) is 11.6 Å². The number of alkyl halides is 3. The molecule has 0 radical (unpaired) electrons. The summed E-state index contributed by atoms with van der Waals surface area (Å²) in [5.41, 5.74) is 4.65. The first-order valence-electron chi connectivity index (χ1n) is 5.84. The third-order valence-electron chi connectivity index (χ3n) is 2.70. The minimum absolute atomic E-state index is 0.0331. The van der Waals surface area contributed by atoms with Crippen LogP contribution in [0.4, 0.5) is 17.6 Å². The number of halogens is 5. The lowest BCUT2D eigenvalue weighted by atomic mass is 10.1. The van der Waals surface area contributed by atoms with E-state index in [1.165, 1.54) is 18.2 Å². The van der Waals surface area contributed by atoms with E-state index in [-0.39, 0.29) is 12.3 Å². The predicted octanol–water partition coefficient (Wildman–Crippen LogP) is 4.86. The van der Waals surface area contributed by atoms with Crippen LogP contribution in [0.25, 0.3) is 0 Å². The largest absolute Gasteiger partial charge is 0.454 e. The summed E-state index contributed by atoms with van der Waals surface area (Å²) in [4.78, 5) is 0. The molecule has 0 heterocycles. The lowest BCUT2D eigenvalue weighted by Gasteiger charge is -2.15. The van der Waals surface area contributed by atoms with E-state index in [9.17, 15) is 17.6 Å². The van der Waals surface area contributed by atoms with E-state index >= 15 is 0 Å². The maximum absolute atomic E-state index is 13.6. The molecule has 0 aliphatic heterocycles. The maximum Gasteiger partial charge on any atom is 0.419 e. The van der Waals surface area contributed by atoms with E-state index in [1.807, 2.05) is 0 Å². The third kappa shape index (κ3) is 3.74. The second-order valence-corrected chi connectivity index (χ2v) is 5.12. The molecule has 0 spiro atoms. The Balaban J connectivity index is 2.46. The molecule has 0 aliphatic carbocycles. The van der Waals surface area contributed by atoms with Gasteiger partial charge in [-0.2, -0.15) is 13.2 Å². The maximum atomic E-state index is 13.6. The molecule has 0 atom stereocenters. The van der Waals surface area contributed by atoms with Gasteiger partial charge in [0.25, 0.3) is 0 Å². The number of nitrogens with two attached hydrogens (primary N) is 1. The second kappa shape index (κ2) is 6.03. The van der Waals surface area contributed by atoms with Crippen molar-refractivity contribution in [2.75, 3.05) is 0 Å². The molecule has 112 valence electrons. The van der Waals surface area contributed by atoms with Crippen LogP contribution in [0, 0.1) is 5.82 Å². The van der Waals surface area contributed by atoms with Crippen molar-refractivity contribution >= 4 is 15.9 Å². The lowest BCUT2D eigenvalue weighted by Crippen LogP contribution is -2.09. The van der Waals surface area contributed by atoms with Crippen molar-refractivity contribution in [3.63, 3.8) is 0 Å². The molecule has 2 aromatic carbocycles. The van der Waals surface area contributed by atoms with E-state index in [2.05, 4.69) is 15.9 Å². The molecule has 2 aromatic rings. The molecule has 0 fully saturated rings. The standard InChI is InChI=1S/C14H10BrF4NO/c15-9-2-3-11(16)13(6-9)21-12-4-1-8(7-20)5-10(12)14(17,18)19/h1-6H,7,20H2. The number of rotatable bonds is 3. The zero-order valence-electron chi connectivity index (χ0n) is 10.5. The highest BCUT2D eigenvalue weighted by Crippen LogP contribution is 2.39. The van der Waals surface area contributed by atoms with E-state index in [0.29, 0.717) is 10.0 Å². The Morgan fingerprint density at radius 2 is 1.76 bits per heavy atom. The van der Waals surface area contributed by atoms with Gasteiger partial charge in [-0.05, 0) is 35.9 Å². The summed E-state index contributed by atoms with van der Waals surface area (Å²) in [6.07, 6.45) is -4.62. The molecule has 0 amide bonds.